The van der Waals surface area contributed by atoms with E-state index in [1.165, 1.54) is 0 Å². The molecule has 43 heavy (non-hydrogen) atoms. The number of pyridine rings is 2. The maximum Gasteiger partial charge on any atom is 0.410 e. The Hall–Kier alpha value is -4.13. The van der Waals surface area contributed by atoms with Crippen LogP contribution in [0.15, 0.2) is 43.1 Å². The van der Waals surface area contributed by atoms with E-state index < -0.39 is 5.60 Å². The van der Waals surface area contributed by atoms with Crippen LogP contribution in [0, 0.1) is 5.92 Å². The Morgan fingerprint density at radius 2 is 1.95 bits per heavy atom. The number of hydrogen-bond acceptors (Lipinski definition) is 11. The van der Waals surface area contributed by atoms with Gasteiger partial charge in [0.1, 0.15) is 31.0 Å². The molecule has 4 aromatic rings. The van der Waals surface area contributed by atoms with Gasteiger partial charge in [-0.1, -0.05) is 6.92 Å². The molecule has 0 bridgehead atoms. The molecule has 2 atom stereocenters. The Morgan fingerprint density at radius 1 is 1.14 bits per heavy atom. The molecule has 0 spiro atoms. The molecule has 1 saturated heterocycles. The molecule has 6 heterocycles. The fraction of sp³-hybridized carbons (Fsp3) is 0.467. The first kappa shape index (κ1) is 29.0. The van der Waals surface area contributed by atoms with Crippen LogP contribution >= 0.6 is 11.8 Å². The molecule has 226 valence electrons. The maximum absolute atomic E-state index is 12.3. The second-order valence-electron chi connectivity index (χ2n) is 11.8. The first-order valence-electron chi connectivity index (χ1n) is 14.3. The zero-order valence-corrected chi connectivity index (χ0v) is 25.8. The first-order valence-corrected chi connectivity index (χ1v) is 15.6. The van der Waals surface area contributed by atoms with E-state index in [4.69, 9.17) is 19.2 Å². The van der Waals surface area contributed by atoms with E-state index >= 15 is 0 Å². The maximum atomic E-state index is 12.3. The summed E-state index contributed by atoms with van der Waals surface area (Å²) in [7, 11) is 0. The van der Waals surface area contributed by atoms with E-state index in [1.54, 1.807) is 41.6 Å². The normalized spacial score (nSPS) is 16.4. The van der Waals surface area contributed by atoms with Crippen LogP contribution in [-0.4, -0.2) is 85.4 Å². The van der Waals surface area contributed by atoms with Gasteiger partial charge in [-0.25, -0.2) is 29.4 Å². The number of likely N-dealkylation sites (tertiary alicyclic amines) is 1. The van der Waals surface area contributed by atoms with Crippen molar-refractivity contribution in [3.63, 3.8) is 0 Å². The molecular formula is C30H36N8O4S. The van der Waals surface area contributed by atoms with E-state index in [0.29, 0.717) is 38.7 Å². The van der Waals surface area contributed by atoms with Crippen molar-refractivity contribution in [2.75, 3.05) is 44.4 Å². The number of anilines is 1. The summed E-state index contributed by atoms with van der Waals surface area (Å²) in [5.41, 5.74) is 2.98. The highest BCUT2D eigenvalue weighted by Gasteiger charge is 2.36. The molecule has 0 radical (unpaired) electrons. The monoisotopic (exact) mass is 604 g/mol. The van der Waals surface area contributed by atoms with E-state index in [0.717, 1.165) is 39.4 Å². The summed E-state index contributed by atoms with van der Waals surface area (Å²) in [6, 6.07) is 6.04. The molecule has 0 aromatic carbocycles. The van der Waals surface area contributed by atoms with Crippen LogP contribution in [0.5, 0.6) is 11.6 Å². The minimum Gasteiger partial charge on any atom is -0.484 e. The number of ether oxygens (including phenoxy) is 3. The van der Waals surface area contributed by atoms with Gasteiger partial charge in [0.25, 0.3) is 5.88 Å². The first-order chi connectivity index (χ1) is 20.7. The highest BCUT2D eigenvalue weighted by atomic mass is 32.2. The third-order valence-electron chi connectivity index (χ3n) is 7.41. The summed E-state index contributed by atoms with van der Waals surface area (Å²) < 4.78 is 19.0. The standard InChI is InChI=1S/C30H36N8O4S/c1-18(26(43-5)22-6-7-31-28-25(22)40-8-9-41-28)12-32-24-11-23(34-17-35-24)19-10-20-14-36-38(27(20)33-13-19)21-15-37(16-21)29(39)42-30(2,3)4/h6-7,10-11,13-14,17-18,21,26H,8-9,12,15-16H2,1-5H3,(H,32,34,35)/t18-,26?/m1/s1. The molecular weight excluding hydrogens is 568 g/mol. The average Bonchev–Trinajstić information content (AvgIpc) is 3.38. The summed E-state index contributed by atoms with van der Waals surface area (Å²) in [6.07, 6.45) is 8.75. The van der Waals surface area contributed by atoms with Crippen molar-refractivity contribution in [2.24, 2.45) is 5.92 Å². The zero-order chi connectivity index (χ0) is 30.1. The molecule has 1 unspecified atom stereocenters. The minimum absolute atomic E-state index is 0.0575. The van der Waals surface area contributed by atoms with Gasteiger partial charge in [-0.05, 0) is 45.1 Å². The molecule has 0 aliphatic carbocycles. The Balaban J connectivity index is 1.11. The number of nitrogens with one attached hydrogen (secondary N) is 1. The van der Waals surface area contributed by atoms with Crippen molar-refractivity contribution in [1.29, 1.82) is 0 Å². The Bertz CT molecular complexity index is 1620. The topological polar surface area (TPSA) is 129 Å². The van der Waals surface area contributed by atoms with Crippen LogP contribution in [0.4, 0.5) is 10.6 Å². The van der Waals surface area contributed by atoms with Crippen LogP contribution in [-0.2, 0) is 4.74 Å². The third-order valence-corrected chi connectivity index (χ3v) is 8.64. The largest absolute Gasteiger partial charge is 0.484 e. The number of carbonyl (C=O) groups excluding carboxylic acids is 1. The van der Waals surface area contributed by atoms with Gasteiger partial charge >= 0.3 is 6.09 Å². The van der Waals surface area contributed by atoms with Gasteiger partial charge in [0, 0.05) is 59.9 Å². The van der Waals surface area contributed by atoms with Crippen LogP contribution in [0.25, 0.3) is 22.3 Å². The van der Waals surface area contributed by atoms with Gasteiger partial charge in [0.15, 0.2) is 11.4 Å². The second-order valence-corrected chi connectivity index (χ2v) is 12.8. The van der Waals surface area contributed by atoms with Crippen LogP contribution in [0.3, 0.4) is 0 Å². The van der Waals surface area contributed by atoms with E-state index in [9.17, 15) is 4.79 Å². The van der Waals surface area contributed by atoms with Crippen molar-refractivity contribution in [2.45, 2.75) is 44.6 Å². The molecule has 2 aliphatic rings. The van der Waals surface area contributed by atoms with E-state index in [-0.39, 0.29) is 23.3 Å². The molecule has 12 nitrogen and oxygen atoms in total. The van der Waals surface area contributed by atoms with Gasteiger partial charge in [0.2, 0.25) is 0 Å². The van der Waals surface area contributed by atoms with Crippen LogP contribution in [0.2, 0.25) is 0 Å². The number of hydrogen-bond donors (Lipinski definition) is 1. The Morgan fingerprint density at radius 3 is 2.74 bits per heavy atom. The number of rotatable bonds is 8. The van der Waals surface area contributed by atoms with E-state index in [2.05, 4.69) is 38.5 Å². The SMILES string of the molecule is CSC(c1ccnc2c1OCCO2)[C@H](C)CNc1cc(-c2cnc3c(cnn3C3CN(C(=O)OC(C)(C)C)C3)c2)ncn1. The quantitative estimate of drug-likeness (QED) is 0.292. The Labute approximate surface area is 254 Å². The molecule has 1 fully saturated rings. The predicted molar refractivity (Wildman–Crippen MR) is 165 cm³/mol. The second kappa shape index (κ2) is 11.9. The lowest BCUT2D eigenvalue weighted by Gasteiger charge is -2.39. The minimum atomic E-state index is -0.519. The molecule has 4 aromatic heterocycles. The van der Waals surface area contributed by atoms with E-state index in [1.807, 2.05) is 43.7 Å². The van der Waals surface area contributed by atoms with Crippen molar-refractivity contribution >= 4 is 34.7 Å². The van der Waals surface area contributed by atoms with Gasteiger partial charge < -0.3 is 24.4 Å². The number of nitrogens with zero attached hydrogens (tertiary/aromatic N) is 7. The fourth-order valence-electron chi connectivity index (χ4n) is 5.28. The zero-order valence-electron chi connectivity index (χ0n) is 25.0. The van der Waals surface area contributed by atoms with Gasteiger partial charge in [-0.2, -0.15) is 16.9 Å². The third kappa shape index (κ3) is 6.17. The lowest BCUT2D eigenvalue weighted by atomic mass is 10.00. The smallest absolute Gasteiger partial charge is 0.410 e. The number of carbonyl (C=O) groups is 1. The molecule has 13 heteroatoms. The predicted octanol–water partition coefficient (Wildman–Crippen LogP) is 5.00. The van der Waals surface area contributed by atoms with Crippen molar-refractivity contribution < 1.29 is 19.0 Å². The average molecular weight is 605 g/mol. The summed E-state index contributed by atoms with van der Waals surface area (Å²) in [5.74, 6) is 2.30. The lowest BCUT2D eigenvalue weighted by molar-refractivity contribution is 0.0000834. The molecule has 1 amide bonds. The summed E-state index contributed by atoms with van der Waals surface area (Å²) in [4.78, 5) is 32.0. The molecule has 1 N–H and O–H groups in total. The number of amides is 1. The fourth-order valence-corrected chi connectivity index (χ4v) is 6.28. The summed E-state index contributed by atoms with van der Waals surface area (Å²) >= 11 is 1.78. The summed E-state index contributed by atoms with van der Waals surface area (Å²) in [6.45, 7) is 10.6. The molecule has 0 saturated carbocycles. The highest BCUT2D eigenvalue weighted by Crippen LogP contribution is 2.43. The Kier molecular flexibility index (Phi) is 7.99. The van der Waals surface area contributed by atoms with Crippen LogP contribution in [0.1, 0.15) is 44.6 Å². The number of aromatic nitrogens is 6. The number of thioether (sulfide) groups is 1. The van der Waals surface area contributed by atoms with Crippen molar-refractivity contribution in [3.05, 3.63) is 48.7 Å². The highest BCUT2D eigenvalue weighted by molar-refractivity contribution is 7.98. The van der Waals surface area contributed by atoms with Crippen molar-refractivity contribution in [1.82, 2.24) is 34.6 Å². The van der Waals surface area contributed by atoms with Crippen molar-refractivity contribution in [3.8, 4) is 22.9 Å². The van der Waals surface area contributed by atoms with Gasteiger partial charge in [-0.15, -0.1) is 0 Å². The molecule has 6 rings (SSSR count). The van der Waals surface area contributed by atoms with Gasteiger partial charge in [-0.3, -0.25) is 0 Å². The molecule has 2 aliphatic heterocycles. The number of fused-ring (bicyclic) bond motifs is 2. The summed E-state index contributed by atoms with van der Waals surface area (Å²) in [5, 5.41) is 9.15. The lowest BCUT2D eigenvalue weighted by Crippen LogP contribution is -2.52. The van der Waals surface area contributed by atoms with Gasteiger partial charge in [0.05, 0.1) is 17.9 Å². The van der Waals surface area contributed by atoms with Crippen LogP contribution < -0.4 is 14.8 Å².